The van der Waals surface area contributed by atoms with E-state index >= 15 is 0 Å². The van der Waals surface area contributed by atoms with Gasteiger partial charge in [0.05, 0.1) is 10.1 Å². The Morgan fingerprint density at radius 3 is 2.83 bits per heavy atom. The van der Waals surface area contributed by atoms with Gasteiger partial charge in [-0.3, -0.25) is 0 Å². The fourth-order valence-corrected chi connectivity index (χ4v) is 5.34. The summed E-state index contributed by atoms with van der Waals surface area (Å²) in [6, 6.07) is 10.4. The number of nitrogens with zero attached hydrogens (tertiary/aromatic N) is 4. The molecule has 1 aliphatic heterocycles. The third-order valence-electron chi connectivity index (χ3n) is 3.79. The van der Waals surface area contributed by atoms with Crippen molar-refractivity contribution in [2.45, 2.75) is 16.6 Å². The van der Waals surface area contributed by atoms with Crippen molar-refractivity contribution in [1.82, 2.24) is 9.97 Å². The summed E-state index contributed by atoms with van der Waals surface area (Å²) in [7, 11) is -3.42. The van der Waals surface area contributed by atoms with E-state index in [1.807, 2.05) is 11.0 Å². The Hall–Kier alpha value is -1.98. The third kappa shape index (κ3) is 3.07. The molecule has 0 spiro atoms. The van der Waals surface area contributed by atoms with Gasteiger partial charge in [-0.2, -0.15) is 5.26 Å². The summed E-state index contributed by atoms with van der Waals surface area (Å²) in [4.78, 5) is 10.2. The lowest BCUT2D eigenvalue weighted by Crippen LogP contribution is -2.27. The summed E-state index contributed by atoms with van der Waals surface area (Å²) < 4.78 is 26.2. The molecular formula is C15H13BrN4O2S. The van der Waals surface area contributed by atoms with Gasteiger partial charge in [0.1, 0.15) is 11.9 Å². The molecule has 3 rings (SSSR count). The topological polar surface area (TPSA) is 87.0 Å². The molecular weight excluding hydrogens is 380 g/mol. The lowest BCUT2D eigenvalue weighted by atomic mass is 10.4. The Balaban J connectivity index is 1.85. The molecule has 1 aromatic carbocycles. The first-order valence-corrected chi connectivity index (χ1v) is 9.33. The standard InChI is InChI=1S/C15H13BrN4O2S/c16-12-3-1-2-4-13(12)23(21,22)11-6-8-20(10-11)15-5-7-18-14(9-17)19-15/h1-5,7,11H,6,8,10H2/t11-/m1/s1. The summed E-state index contributed by atoms with van der Waals surface area (Å²) in [5, 5.41) is 8.37. The number of hydrogen-bond donors (Lipinski definition) is 0. The maximum atomic E-state index is 12.8. The molecule has 0 unspecified atom stereocenters. The first kappa shape index (κ1) is 15.9. The van der Waals surface area contributed by atoms with Crippen LogP contribution < -0.4 is 4.90 Å². The second kappa shape index (κ2) is 6.26. The Morgan fingerprint density at radius 2 is 2.09 bits per heavy atom. The van der Waals surface area contributed by atoms with Crippen molar-refractivity contribution in [2.75, 3.05) is 18.0 Å². The van der Waals surface area contributed by atoms with Crippen molar-refractivity contribution in [3.05, 3.63) is 46.8 Å². The lowest BCUT2D eigenvalue weighted by Gasteiger charge is -2.17. The molecule has 0 radical (unpaired) electrons. The molecule has 1 aliphatic rings. The molecule has 8 heteroatoms. The zero-order chi connectivity index (χ0) is 16.4. The van der Waals surface area contributed by atoms with Crippen LogP contribution in [0.5, 0.6) is 0 Å². The molecule has 0 bridgehead atoms. The predicted molar refractivity (Wildman–Crippen MR) is 88.7 cm³/mol. The minimum atomic E-state index is -3.42. The minimum Gasteiger partial charge on any atom is -0.355 e. The van der Waals surface area contributed by atoms with Gasteiger partial charge >= 0.3 is 0 Å². The number of rotatable bonds is 3. The Morgan fingerprint density at radius 1 is 1.30 bits per heavy atom. The minimum absolute atomic E-state index is 0.0830. The number of hydrogen-bond acceptors (Lipinski definition) is 6. The number of halogens is 1. The van der Waals surface area contributed by atoms with Crippen molar-refractivity contribution >= 4 is 31.6 Å². The summed E-state index contributed by atoms with van der Waals surface area (Å²) in [5.74, 6) is 0.668. The Bertz CT molecular complexity index is 879. The highest BCUT2D eigenvalue weighted by atomic mass is 79.9. The molecule has 1 atom stereocenters. The molecule has 1 aromatic heterocycles. The van der Waals surface area contributed by atoms with Crippen LogP contribution in [0.3, 0.4) is 0 Å². The van der Waals surface area contributed by atoms with E-state index in [4.69, 9.17) is 5.26 Å². The van der Waals surface area contributed by atoms with Crippen molar-refractivity contribution < 1.29 is 8.42 Å². The van der Waals surface area contributed by atoms with E-state index < -0.39 is 15.1 Å². The number of nitriles is 1. The van der Waals surface area contributed by atoms with Gasteiger partial charge in [-0.1, -0.05) is 12.1 Å². The summed E-state index contributed by atoms with van der Waals surface area (Å²) >= 11 is 3.31. The normalized spacial score (nSPS) is 17.9. The molecule has 0 N–H and O–H groups in total. The second-order valence-electron chi connectivity index (χ2n) is 5.18. The van der Waals surface area contributed by atoms with Crippen LogP contribution in [-0.2, 0) is 9.84 Å². The van der Waals surface area contributed by atoms with Gasteiger partial charge in [0.15, 0.2) is 9.84 Å². The van der Waals surface area contributed by atoms with Gasteiger partial charge in [0, 0.05) is 23.8 Å². The van der Waals surface area contributed by atoms with Crippen molar-refractivity contribution in [3.8, 4) is 6.07 Å². The van der Waals surface area contributed by atoms with E-state index in [1.54, 1.807) is 30.3 Å². The first-order valence-electron chi connectivity index (χ1n) is 6.99. The molecule has 1 saturated heterocycles. The molecule has 0 saturated carbocycles. The molecule has 0 amide bonds. The number of anilines is 1. The molecule has 2 heterocycles. The van der Waals surface area contributed by atoms with Crippen molar-refractivity contribution in [2.24, 2.45) is 0 Å². The number of benzene rings is 1. The molecule has 0 aliphatic carbocycles. The van der Waals surface area contributed by atoms with Crippen molar-refractivity contribution in [3.63, 3.8) is 0 Å². The maximum Gasteiger partial charge on any atom is 0.234 e. The van der Waals surface area contributed by atoms with Crippen LogP contribution >= 0.6 is 15.9 Å². The highest BCUT2D eigenvalue weighted by molar-refractivity contribution is 9.10. The summed E-state index contributed by atoms with van der Waals surface area (Å²) in [6.45, 7) is 0.932. The van der Waals surface area contributed by atoms with Gasteiger partial charge in [-0.05, 0) is 40.5 Å². The molecule has 23 heavy (non-hydrogen) atoms. The van der Waals surface area contributed by atoms with Gasteiger partial charge in [0.25, 0.3) is 0 Å². The van der Waals surface area contributed by atoms with E-state index in [1.165, 1.54) is 6.20 Å². The second-order valence-corrected chi connectivity index (χ2v) is 8.23. The van der Waals surface area contributed by atoms with E-state index in [0.29, 0.717) is 34.7 Å². The van der Waals surface area contributed by atoms with E-state index in [0.717, 1.165) is 0 Å². The van der Waals surface area contributed by atoms with Gasteiger partial charge in [-0.15, -0.1) is 0 Å². The highest BCUT2D eigenvalue weighted by Crippen LogP contribution is 2.30. The fraction of sp³-hybridized carbons (Fsp3) is 0.267. The lowest BCUT2D eigenvalue weighted by molar-refractivity contribution is 0.583. The van der Waals surface area contributed by atoms with Crippen LogP contribution in [0.2, 0.25) is 0 Å². The Labute approximate surface area is 142 Å². The van der Waals surface area contributed by atoms with Crippen molar-refractivity contribution in [1.29, 1.82) is 5.26 Å². The van der Waals surface area contributed by atoms with E-state index in [2.05, 4.69) is 25.9 Å². The van der Waals surface area contributed by atoms with E-state index in [9.17, 15) is 8.42 Å². The SMILES string of the molecule is N#Cc1nccc(N2CC[C@@H](S(=O)(=O)c3ccccc3Br)C2)n1. The quantitative estimate of drug-likeness (QED) is 0.795. The number of aromatic nitrogens is 2. The van der Waals surface area contributed by atoms with Gasteiger partial charge in [-0.25, -0.2) is 18.4 Å². The summed E-state index contributed by atoms with van der Waals surface area (Å²) in [6.07, 6.45) is 2.03. The number of sulfone groups is 1. The molecule has 118 valence electrons. The van der Waals surface area contributed by atoms with Gasteiger partial charge in [0.2, 0.25) is 5.82 Å². The van der Waals surface area contributed by atoms with Crippen LogP contribution in [0.15, 0.2) is 45.9 Å². The van der Waals surface area contributed by atoms with E-state index in [-0.39, 0.29) is 5.82 Å². The van der Waals surface area contributed by atoms with Crippen LogP contribution in [0.4, 0.5) is 5.82 Å². The van der Waals surface area contributed by atoms with Crippen LogP contribution in [0.25, 0.3) is 0 Å². The highest BCUT2D eigenvalue weighted by Gasteiger charge is 2.35. The predicted octanol–water partition coefficient (Wildman–Crippen LogP) is 2.16. The average Bonchev–Trinajstić information content (AvgIpc) is 3.06. The van der Waals surface area contributed by atoms with Gasteiger partial charge < -0.3 is 4.90 Å². The van der Waals surface area contributed by atoms with Crippen LogP contribution in [0.1, 0.15) is 12.2 Å². The van der Waals surface area contributed by atoms with Crippen LogP contribution in [-0.4, -0.2) is 36.7 Å². The van der Waals surface area contributed by atoms with Crippen LogP contribution in [0, 0.1) is 11.3 Å². The maximum absolute atomic E-state index is 12.8. The smallest absolute Gasteiger partial charge is 0.234 e. The fourth-order valence-electron chi connectivity index (χ4n) is 2.62. The monoisotopic (exact) mass is 392 g/mol. The largest absolute Gasteiger partial charge is 0.355 e. The first-order chi connectivity index (χ1) is 11.0. The summed E-state index contributed by atoms with van der Waals surface area (Å²) in [5.41, 5.74) is 0. The molecule has 6 nitrogen and oxygen atoms in total. The zero-order valence-corrected chi connectivity index (χ0v) is 14.5. The molecule has 1 fully saturated rings. The zero-order valence-electron chi connectivity index (χ0n) is 12.1. The molecule has 2 aromatic rings. The third-order valence-corrected chi connectivity index (χ3v) is 6.98. The average molecular weight is 393 g/mol. The Kier molecular flexibility index (Phi) is 4.33.